The molecule has 2 atom stereocenters. The molecule has 2 heterocycles. The molecular formula is C30H37BIrN2O6-2. The third kappa shape index (κ3) is 5.43. The third-order valence-corrected chi connectivity index (χ3v) is 8.07. The van der Waals surface area contributed by atoms with Crippen molar-refractivity contribution in [2.45, 2.75) is 77.4 Å². The van der Waals surface area contributed by atoms with E-state index in [1.807, 2.05) is 25.8 Å². The molecule has 10 heteroatoms. The number of ether oxygens (including phenoxy) is 2. The molecule has 0 aromatic heterocycles. The van der Waals surface area contributed by atoms with Crippen molar-refractivity contribution in [3.63, 3.8) is 0 Å². The van der Waals surface area contributed by atoms with Gasteiger partial charge in [-0.3, -0.25) is 0 Å². The van der Waals surface area contributed by atoms with Gasteiger partial charge < -0.3 is 28.6 Å². The van der Waals surface area contributed by atoms with Crippen LogP contribution in [0.15, 0.2) is 30.3 Å². The Hall–Kier alpha value is -2.39. The summed E-state index contributed by atoms with van der Waals surface area (Å²) in [5.41, 5.74) is 6.64. The maximum atomic E-state index is 12.5. The van der Waals surface area contributed by atoms with Crippen molar-refractivity contribution >= 4 is 41.6 Å². The van der Waals surface area contributed by atoms with E-state index in [1.165, 1.54) is 11.1 Å². The summed E-state index contributed by atoms with van der Waals surface area (Å²) in [6.45, 7) is 15.1. The van der Waals surface area contributed by atoms with Crippen LogP contribution in [0.5, 0.6) is 0 Å². The molecule has 0 amide bonds. The minimum absolute atomic E-state index is 0. The summed E-state index contributed by atoms with van der Waals surface area (Å²) in [6.07, 6.45) is -0.125. The Morgan fingerprint density at radius 2 is 1.50 bits per heavy atom. The van der Waals surface area contributed by atoms with Gasteiger partial charge in [-0.2, -0.15) is 30.9 Å². The molecular weight excluding hydrogens is 687 g/mol. The van der Waals surface area contributed by atoms with Gasteiger partial charge in [0.05, 0.1) is 13.2 Å². The summed E-state index contributed by atoms with van der Waals surface area (Å²) in [6, 6.07) is 13.5. The van der Waals surface area contributed by atoms with Gasteiger partial charge in [0.15, 0.2) is 12.2 Å². The Bertz CT molecular complexity index is 1260. The smallest absolute Gasteiger partial charge is 0.469 e. The van der Waals surface area contributed by atoms with Gasteiger partial charge in [0, 0.05) is 31.5 Å². The number of hydrogen-bond donors (Lipinski definition) is 0. The van der Waals surface area contributed by atoms with Crippen molar-refractivity contribution in [1.82, 2.24) is 0 Å². The quantitative estimate of drug-likeness (QED) is 0.250. The van der Waals surface area contributed by atoms with Crippen LogP contribution in [-0.4, -0.2) is 51.5 Å². The number of rotatable bonds is 6. The van der Waals surface area contributed by atoms with Crippen LogP contribution in [0.4, 0.5) is 17.1 Å². The van der Waals surface area contributed by atoms with Crippen LogP contribution in [0.1, 0.15) is 65.5 Å². The number of nitrogens with zero attached hydrogens (tertiary/aromatic N) is 2. The summed E-state index contributed by atoms with van der Waals surface area (Å²) in [5.74, 6) is -1.31. The van der Waals surface area contributed by atoms with E-state index in [0.29, 0.717) is 5.46 Å². The number of carbonyl (C=O) groups excluding carboxylic acids is 2. The van der Waals surface area contributed by atoms with Crippen LogP contribution < -0.4 is 15.3 Å². The first-order valence-corrected chi connectivity index (χ1v) is 13.7. The number of esters is 2. The molecule has 217 valence electrons. The molecule has 8 nitrogen and oxygen atoms in total. The predicted molar refractivity (Wildman–Crippen MR) is 150 cm³/mol. The summed E-state index contributed by atoms with van der Waals surface area (Å²) >= 11 is 0. The fraction of sp³-hybridized carbons (Fsp3) is 0.500. The van der Waals surface area contributed by atoms with E-state index in [4.69, 9.17) is 18.8 Å². The molecule has 1 radical (unpaired) electrons. The topological polar surface area (TPSA) is 77.5 Å². The van der Waals surface area contributed by atoms with E-state index in [2.05, 4.69) is 55.7 Å². The first-order chi connectivity index (χ1) is 18.5. The molecule has 5 rings (SSSR count). The van der Waals surface area contributed by atoms with Gasteiger partial charge in [-0.15, -0.1) is 11.2 Å². The van der Waals surface area contributed by atoms with Crippen LogP contribution in [-0.2, 0) is 59.3 Å². The maximum Gasteiger partial charge on any atom is 0.469 e. The third-order valence-electron chi connectivity index (χ3n) is 8.07. The Labute approximate surface area is 251 Å². The van der Waals surface area contributed by atoms with Gasteiger partial charge in [0.25, 0.3) is 0 Å². The van der Waals surface area contributed by atoms with E-state index in [9.17, 15) is 9.59 Å². The summed E-state index contributed by atoms with van der Waals surface area (Å²) in [5, 5.41) is 0. The fourth-order valence-electron chi connectivity index (χ4n) is 5.72. The van der Waals surface area contributed by atoms with Gasteiger partial charge in [-0.25, -0.2) is 9.59 Å². The maximum absolute atomic E-state index is 12.5. The van der Waals surface area contributed by atoms with Crippen LogP contribution in [0.2, 0.25) is 0 Å². The zero-order valence-electron chi connectivity index (χ0n) is 24.2. The van der Waals surface area contributed by atoms with Crippen LogP contribution in [0, 0.1) is 12.7 Å². The van der Waals surface area contributed by atoms with Gasteiger partial charge >= 0.3 is 19.1 Å². The summed E-state index contributed by atoms with van der Waals surface area (Å²) in [7, 11) is 1.11. The number of fused-ring (bicyclic) bond motifs is 2. The molecule has 2 aromatic rings. The second kappa shape index (κ2) is 11.5. The first-order valence-electron chi connectivity index (χ1n) is 13.7. The molecule has 2 aliphatic heterocycles. The number of anilines is 3. The van der Waals surface area contributed by atoms with Crippen LogP contribution in [0.25, 0.3) is 0 Å². The average molecular weight is 725 g/mol. The zero-order chi connectivity index (χ0) is 28.1. The second-order valence-corrected chi connectivity index (χ2v) is 11.7. The molecule has 0 bridgehead atoms. The van der Waals surface area contributed by atoms with E-state index in [-0.39, 0.29) is 44.1 Å². The molecule has 1 aliphatic carbocycles. The molecule has 3 aliphatic rings. The largest absolute Gasteiger partial charge is 0.504 e. The monoisotopic (exact) mass is 725 g/mol. The molecule has 40 heavy (non-hydrogen) atoms. The first kappa shape index (κ1) is 30.6. The fourth-order valence-corrected chi connectivity index (χ4v) is 5.72. The molecule has 0 saturated carbocycles. The summed E-state index contributed by atoms with van der Waals surface area (Å²) < 4.78 is 22.1. The number of benzene rings is 2. The SMILES string of the molecule is CCOC(=O)[C@H]1OB(c2cc[c-]c(N3[CH-]N(C)c4cc5c(cc43)C(C)(C)CCC5(C)C)c2)O[C@@H]1C(=O)OCC.[Ir]. The molecule has 0 unspecified atom stereocenters. The molecule has 0 spiro atoms. The van der Waals surface area contributed by atoms with Crippen molar-refractivity contribution in [2.24, 2.45) is 0 Å². The zero-order valence-corrected chi connectivity index (χ0v) is 26.6. The van der Waals surface area contributed by atoms with Crippen molar-refractivity contribution < 1.29 is 48.5 Å². The molecule has 1 fully saturated rings. The number of hydrogen-bond acceptors (Lipinski definition) is 8. The Balaban J connectivity index is 0.00000370. The number of carbonyl (C=O) groups is 2. The van der Waals surface area contributed by atoms with Crippen molar-refractivity contribution in [3.05, 3.63) is 54.2 Å². The average Bonchev–Trinajstić information content (AvgIpc) is 3.49. The Morgan fingerprint density at radius 3 is 2.02 bits per heavy atom. The van der Waals surface area contributed by atoms with Crippen molar-refractivity contribution in [1.29, 1.82) is 0 Å². The summed E-state index contributed by atoms with van der Waals surface area (Å²) in [4.78, 5) is 29.3. The van der Waals surface area contributed by atoms with Crippen molar-refractivity contribution in [3.8, 4) is 0 Å². The van der Waals surface area contributed by atoms with Gasteiger partial charge in [-0.05, 0) is 67.8 Å². The Kier molecular flexibility index (Phi) is 8.77. The van der Waals surface area contributed by atoms with E-state index in [0.717, 1.165) is 29.9 Å². The molecule has 0 N–H and O–H groups in total. The second-order valence-electron chi connectivity index (χ2n) is 11.7. The molecule has 1 saturated heterocycles. The van der Waals surface area contributed by atoms with Crippen molar-refractivity contribution in [2.75, 3.05) is 30.1 Å². The van der Waals surface area contributed by atoms with Crippen LogP contribution in [0.3, 0.4) is 0 Å². The Morgan fingerprint density at radius 1 is 0.975 bits per heavy atom. The van der Waals surface area contributed by atoms with Gasteiger partial charge in [0.1, 0.15) is 0 Å². The van der Waals surface area contributed by atoms with E-state index < -0.39 is 31.3 Å². The van der Waals surface area contributed by atoms with E-state index >= 15 is 0 Å². The van der Waals surface area contributed by atoms with Crippen LogP contribution >= 0.6 is 0 Å². The van der Waals surface area contributed by atoms with Gasteiger partial charge in [0.2, 0.25) is 0 Å². The minimum Gasteiger partial charge on any atom is -0.504 e. The standard InChI is InChI=1S/C30H37BN2O6.Ir/c1-8-36-27(34)25-26(28(35)37-9-2)39-31(38-25)19-11-10-12-20(15-19)33-18-32(7)23-16-21-22(17-24(23)33)30(5,6)14-13-29(21,3)4;/h10-11,15-18,25-26H,8-9,13-14H2,1-7H3;/q-2;/t25-,26-;/m0./s1. The minimum atomic E-state index is -1.20. The predicted octanol–water partition coefficient (Wildman–Crippen LogP) is 4.15. The van der Waals surface area contributed by atoms with E-state index in [1.54, 1.807) is 19.9 Å². The van der Waals surface area contributed by atoms with Gasteiger partial charge in [-0.1, -0.05) is 27.7 Å². The normalized spacial score (nSPS) is 22.3. The molecule has 2 aromatic carbocycles.